The molecule has 4 rings (SSSR count). The summed E-state index contributed by atoms with van der Waals surface area (Å²) in [4.78, 5) is 32.8. The Balaban J connectivity index is 1.27. The van der Waals surface area contributed by atoms with E-state index in [1.165, 1.54) is 5.56 Å². The summed E-state index contributed by atoms with van der Waals surface area (Å²) >= 11 is 0. The predicted octanol–water partition coefficient (Wildman–Crippen LogP) is 2.57. The summed E-state index contributed by atoms with van der Waals surface area (Å²) in [5, 5.41) is 0.874. The van der Waals surface area contributed by atoms with Crippen LogP contribution in [0.15, 0.2) is 51.9 Å². The van der Waals surface area contributed by atoms with Crippen molar-refractivity contribution in [1.82, 2.24) is 14.8 Å². The number of hydrogen-bond donors (Lipinski definition) is 0. The molecule has 1 fully saturated rings. The number of aryl methyl sites for hydroxylation is 1. The first-order valence-electron chi connectivity index (χ1n) is 10.6. The highest BCUT2D eigenvalue weighted by Crippen LogP contribution is 2.24. The number of fused-ring (bicyclic) bond motifs is 1. The molecule has 162 valence electrons. The van der Waals surface area contributed by atoms with Gasteiger partial charge in [0, 0.05) is 62.1 Å². The highest BCUT2D eigenvalue weighted by atomic mass is 16.5. The SMILES string of the molecule is Cc1c(C)c2ccc(OCC(=O)N3CCN(CCc4ccncc4)CC3)cc2oc1=O. The van der Waals surface area contributed by atoms with Crippen molar-refractivity contribution >= 4 is 16.9 Å². The van der Waals surface area contributed by atoms with Crippen molar-refractivity contribution in [2.45, 2.75) is 20.3 Å². The minimum atomic E-state index is -0.347. The molecule has 0 N–H and O–H groups in total. The lowest BCUT2D eigenvalue weighted by atomic mass is 10.1. The van der Waals surface area contributed by atoms with Gasteiger partial charge in [0.05, 0.1) is 0 Å². The minimum absolute atomic E-state index is 0.0302. The molecule has 1 saturated heterocycles. The second kappa shape index (κ2) is 9.31. The number of benzene rings is 1. The third kappa shape index (κ3) is 4.94. The van der Waals surface area contributed by atoms with Crippen molar-refractivity contribution in [2.24, 2.45) is 0 Å². The van der Waals surface area contributed by atoms with Crippen molar-refractivity contribution in [2.75, 3.05) is 39.3 Å². The number of hydrogen-bond acceptors (Lipinski definition) is 6. The third-order valence-corrected chi connectivity index (χ3v) is 5.98. The van der Waals surface area contributed by atoms with E-state index in [0.29, 0.717) is 30.0 Å². The van der Waals surface area contributed by atoms with Crippen LogP contribution < -0.4 is 10.4 Å². The zero-order valence-corrected chi connectivity index (χ0v) is 18.0. The van der Waals surface area contributed by atoms with Crippen molar-refractivity contribution < 1.29 is 13.9 Å². The van der Waals surface area contributed by atoms with Crippen LogP contribution >= 0.6 is 0 Å². The first-order chi connectivity index (χ1) is 15.0. The molecule has 1 aliphatic rings. The summed E-state index contributed by atoms with van der Waals surface area (Å²) in [6.45, 7) is 7.71. The number of rotatable bonds is 6. The number of nitrogens with zero attached hydrogens (tertiary/aromatic N) is 3. The largest absolute Gasteiger partial charge is 0.484 e. The molecular formula is C24H27N3O4. The molecule has 1 aliphatic heterocycles. The van der Waals surface area contributed by atoms with Gasteiger partial charge >= 0.3 is 5.63 Å². The Morgan fingerprint density at radius 3 is 2.55 bits per heavy atom. The van der Waals surface area contributed by atoms with Gasteiger partial charge in [-0.3, -0.25) is 14.7 Å². The number of amides is 1. The van der Waals surface area contributed by atoms with Gasteiger partial charge in [0.15, 0.2) is 6.61 Å². The Kier molecular flexibility index (Phi) is 6.32. The second-order valence-electron chi connectivity index (χ2n) is 7.91. The average molecular weight is 421 g/mol. The maximum absolute atomic E-state index is 12.6. The molecule has 31 heavy (non-hydrogen) atoms. The quantitative estimate of drug-likeness (QED) is 0.570. The number of aromatic nitrogens is 1. The van der Waals surface area contributed by atoms with Gasteiger partial charge in [-0.1, -0.05) is 0 Å². The zero-order valence-electron chi connectivity index (χ0n) is 18.0. The first-order valence-corrected chi connectivity index (χ1v) is 10.6. The molecule has 0 atom stereocenters. The van der Waals surface area contributed by atoms with E-state index in [-0.39, 0.29) is 18.1 Å². The van der Waals surface area contributed by atoms with E-state index in [1.54, 1.807) is 19.1 Å². The first kappa shape index (κ1) is 21.1. The van der Waals surface area contributed by atoms with E-state index >= 15 is 0 Å². The summed E-state index contributed by atoms with van der Waals surface area (Å²) < 4.78 is 11.1. The number of carbonyl (C=O) groups excluding carboxylic acids is 1. The molecule has 7 nitrogen and oxygen atoms in total. The maximum atomic E-state index is 12.6. The number of piperazine rings is 1. The van der Waals surface area contributed by atoms with Crippen LogP contribution in [0, 0.1) is 13.8 Å². The van der Waals surface area contributed by atoms with Crippen LogP contribution in [0.1, 0.15) is 16.7 Å². The second-order valence-corrected chi connectivity index (χ2v) is 7.91. The van der Waals surface area contributed by atoms with E-state index in [1.807, 2.05) is 42.4 Å². The Bertz CT molecular complexity index is 1120. The van der Waals surface area contributed by atoms with Crippen LogP contribution in [0.5, 0.6) is 5.75 Å². The Hall–Kier alpha value is -3.19. The lowest BCUT2D eigenvalue weighted by Crippen LogP contribution is -2.50. The summed E-state index contributed by atoms with van der Waals surface area (Å²) in [6, 6.07) is 9.42. The van der Waals surface area contributed by atoms with Crippen LogP contribution in [0.2, 0.25) is 0 Å². The fourth-order valence-corrected chi connectivity index (χ4v) is 3.81. The molecule has 2 aromatic heterocycles. The molecule has 0 aliphatic carbocycles. The van der Waals surface area contributed by atoms with Crippen molar-refractivity contribution in [1.29, 1.82) is 0 Å². The fourth-order valence-electron chi connectivity index (χ4n) is 3.81. The number of pyridine rings is 1. The molecular weight excluding hydrogens is 394 g/mol. The number of carbonyl (C=O) groups is 1. The van der Waals surface area contributed by atoms with E-state index in [9.17, 15) is 9.59 Å². The Morgan fingerprint density at radius 2 is 1.81 bits per heavy atom. The van der Waals surface area contributed by atoms with E-state index in [0.717, 1.165) is 37.0 Å². The van der Waals surface area contributed by atoms with E-state index in [2.05, 4.69) is 9.88 Å². The molecule has 3 aromatic rings. The molecule has 0 bridgehead atoms. The van der Waals surface area contributed by atoms with E-state index < -0.39 is 0 Å². The summed E-state index contributed by atoms with van der Waals surface area (Å²) in [5.41, 5.74) is 2.91. The smallest absolute Gasteiger partial charge is 0.339 e. The monoisotopic (exact) mass is 421 g/mol. The molecule has 1 aromatic carbocycles. The van der Waals surface area contributed by atoms with E-state index in [4.69, 9.17) is 9.15 Å². The topological polar surface area (TPSA) is 75.9 Å². The summed E-state index contributed by atoms with van der Waals surface area (Å²) in [7, 11) is 0. The lowest BCUT2D eigenvalue weighted by molar-refractivity contribution is -0.135. The fraction of sp³-hybridized carbons (Fsp3) is 0.375. The zero-order chi connectivity index (χ0) is 21.8. The summed E-state index contributed by atoms with van der Waals surface area (Å²) in [5.74, 6) is 0.485. The third-order valence-electron chi connectivity index (χ3n) is 5.98. The maximum Gasteiger partial charge on any atom is 0.339 e. The van der Waals surface area contributed by atoms with Gasteiger partial charge in [0.25, 0.3) is 5.91 Å². The van der Waals surface area contributed by atoms with Gasteiger partial charge in [0.2, 0.25) is 0 Å². The van der Waals surface area contributed by atoms with Crippen molar-refractivity contribution in [3.63, 3.8) is 0 Å². The lowest BCUT2D eigenvalue weighted by Gasteiger charge is -2.34. The van der Waals surface area contributed by atoms with Crippen LogP contribution in [0.3, 0.4) is 0 Å². The molecule has 3 heterocycles. The minimum Gasteiger partial charge on any atom is -0.484 e. The molecule has 0 radical (unpaired) electrons. The van der Waals surface area contributed by atoms with Crippen LogP contribution in [0.4, 0.5) is 0 Å². The van der Waals surface area contributed by atoms with Crippen LogP contribution in [-0.4, -0.2) is 60.0 Å². The summed E-state index contributed by atoms with van der Waals surface area (Å²) in [6.07, 6.45) is 4.62. The van der Waals surface area contributed by atoms with Crippen LogP contribution in [0.25, 0.3) is 11.0 Å². The van der Waals surface area contributed by atoms with Gasteiger partial charge in [-0.05, 0) is 55.7 Å². The predicted molar refractivity (Wildman–Crippen MR) is 118 cm³/mol. The highest BCUT2D eigenvalue weighted by molar-refractivity contribution is 5.82. The average Bonchev–Trinajstić information content (AvgIpc) is 2.80. The van der Waals surface area contributed by atoms with Crippen LogP contribution in [-0.2, 0) is 11.2 Å². The van der Waals surface area contributed by atoms with Crippen molar-refractivity contribution in [3.8, 4) is 5.75 Å². The van der Waals surface area contributed by atoms with Gasteiger partial charge in [-0.2, -0.15) is 0 Å². The molecule has 7 heteroatoms. The number of ether oxygens (including phenoxy) is 1. The molecule has 1 amide bonds. The standard InChI is InChI=1S/C24H27N3O4/c1-17-18(2)24(29)31-22-15-20(3-4-21(17)22)30-16-23(28)27-13-11-26(12-14-27)10-7-19-5-8-25-9-6-19/h3-6,8-9,15H,7,10-14,16H2,1-2H3. The van der Waals surface area contributed by atoms with Gasteiger partial charge in [-0.15, -0.1) is 0 Å². The Labute approximate surface area is 181 Å². The molecule has 0 unspecified atom stereocenters. The van der Waals surface area contributed by atoms with Gasteiger partial charge in [-0.25, -0.2) is 4.79 Å². The Morgan fingerprint density at radius 1 is 1.06 bits per heavy atom. The molecule has 0 spiro atoms. The molecule has 0 saturated carbocycles. The highest BCUT2D eigenvalue weighted by Gasteiger charge is 2.21. The normalized spacial score (nSPS) is 14.7. The van der Waals surface area contributed by atoms with Gasteiger partial charge in [0.1, 0.15) is 11.3 Å². The van der Waals surface area contributed by atoms with Crippen molar-refractivity contribution in [3.05, 3.63) is 69.8 Å². The van der Waals surface area contributed by atoms with Gasteiger partial charge < -0.3 is 14.1 Å².